The maximum absolute atomic E-state index is 13.9. The lowest BCUT2D eigenvalue weighted by Crippen LogP contribution is -2.52. The second-order valence-corrected chi connectivity index (χ2v) is 5.52. The Morgan fingerprint density at radius 3 is 2.52 bits per heavy atom. The summed E-state index contributed by atoms with van der Waals surface area (Å²) in [4.78, 5) is 0. The molecule has 0 radical (unpaired) electrons. The molecule has 0 aromatic heterocycles. The molecule has 2 atom stereocenters. The van der Waals surface area contributed by atoms with Gasteiger partial charge in [-0.1, -0.05) is 26.0 Å². The van der Waals surface area contributed by atoms with Gasteiger partial charge >= 0.3 is 0 Å². The monoisotopic (exact) mass is 299 g/mol. The Kier molecular flexibility index (Phi) is 7.26. The van der Waals surface area contributed by atoms with Gasteiger partial charge in [-0.25, -0.2) is 8.78 Å². The van der Waals surface area contributed by atoms with E-state index in [2.05, 4.69) is 19.2 Å². The summed E-state index contributed by atoms with van der Waals surface area (Å²) in [6, 6.07) is 4.28. The molecule has 0 heterocycles. The molecule has 0 aliphatic rings. The van der Waals surface area contributed by atoms with Gasteiger partial charge < -0.3 is 10.1 Å². The molecule has 0 amide bonds. The fraction of sp³-hybridized carbons (Fsp3) is 0.647. The van der Waals surface area contributed by atoms with Crippen molar-refractivity contribution in [2.24, 2.45) is 0 Å². The summed E-state index contributed by atoms with van der Waals surface area (Å²) in [5.41, 5.74) is -0.00847. The third-order valence-electron chi connectivity index (χ3n) is 4.01. The Labute approximate surface area is 126 Å². The van der Waals surface area contributed by atoms with Crippen molar-refractivity contribution in [1.82, 2.24) is 5.32 Å². The zero-order valence-corrected chi connectivity index (χ0v) is 13.5. The van der Waals surface area contributed by atoms with Crippen LogP contribution >= 0.6 is 0 Å². The maximum Gasteiger partial charge on any atom is 0.162 e. The quantitative estimate of drug-likeness (QED) is 0.742. The van der Waals surface area contributed by atoms with Gasteiger partial charge in [0.25, 0.3) is 0 Å². The summed E-state index contributed by atoms with van der Waals surface area (Å²) in [6.45, 7) is 9.54. The first kappa shape index (κ1) is 18.1. The van der Waals surface area contributed by atoms with Crippen molar-refractivity contribution in [3.8, 4) is 0 Å². The summed E-state index contributed by atoms with van der Waals surface area (Å²) in [6.07, 6.45) is 2.20. The molecule has 120 valence electrons. The van der Waals surface area contributed by atoms with Crippen molar-refractivity contribution in [3.05, 3.63) is 35.4 Å². The van der Waals surface area contributed by atoms with Crippen LogP contribution in [0.2, 0.25) is 0 Å². The lowest BCUT2D eigenvalue weighted by atomic mass is 9.87. The molecule has 0 spiro atoms. The zero-order valence-electron chi connectivity index (χ0n) is 13.5. The first-order valence-corrected chi connectivity index (χ1v) is 7.78. The lowest BCUT2D eigenvalue weighted by Gasteiger charge is -2.37. The number of nitrogens with one attached hydrogen (secondary N) is 1. The van der Waals surface area contributed by atoms with Crippen molar-refractivity contribution >= 4 is 0 Å². The average Bonchev–Trinajstić information content (AvgIpc) is 2.47. The minimum Gasteiger partial charge on any atom is -0.374 e. The Morgan fingerprint density at radius 1 is 1.24 bits per heavy atom. The number of hydrogen-bond donors (Lipinski definition) is 1. The molecule has 1 rings (SSSR count). The molecular weight excluding hydrogens is 272 g/mol. The van der Waals surface area contributed by atoms with E-state index < -0.39 is 17.2 Å². The first-order chi connectivity index (χ1) is 9.98. The minimum atomic E-state index is -0.795. The van der Waals surface area contributed by atoms with Gasteiger partial charge in [0.1, 0.15) is 0 Å². The molecule has 1 aromatic rings. The smallest absolute Gasteiger partial charge is 0.162 e. The third-order valence-corrected chi connectivity index (χ3v) is 4.01. The molecule has 1 aromatic carbocycles. The zero-order chi connectivity index (χ0) is 15.9. The molecule has 4 heteroatoms. The Balaban J connectivity index is 2.99. The van der Waals surface area contributed by atoms with E-state index in [1.165, 1.54) is 0 Å². The van der Waals surface area contributed by atoms with Gasteiger partial charge in [-0.15, -0.1) is 0 Å². The van der Waals surface area contributed by atoms with Crippen LogP contribution in [-0.2, 0) is 11.2 Å². The van der Waals surface area contributed by atoms with Gasteiger partial charge in [0.2, 0.25) is 0 Å². The fourth-order valence-electron chi connectivity index (χ4n) is 2.53. The maximum atomic E-state index is 13.9. The van der Waals surface area contributed by atoms with Crippen LogP contribution in [0.15, 0.2) is 18.2 Å². The van der Waals surface area contributed by atoms with E-state index in [0.717, 1.165) is 25.5 Å². The number of rotatable bonds is 9. The lowest BCUT2D eigenvalue weighted by molar-refractivity contribution is -0.0551. The van der Waals surface area contributed by atoms with Crippen LogP contribution in [0.1, 0.15) is 46.1 Å². The average molecular weight is 299 g/mol. The second-order valence-electron chi connectivity index (χ2n) is 5.52. The van der Waals surface area contributed by atoms with Crippen LogP contribution in [-0.4, -0.2) is 24.8 Å². The number of benzene rings is 1. The van der Waals surface area contributed by atoms with Gasteiger partial charge in [-0.05, 0) is 51.3 Å². The topological polar surface area (TPSA) is 21.3 Å². The molecule has 2 nitrogen and oxygen atoms in total. The number of halogens is 2. The van der Waals surface area contributed by atoms with Crippen LogP contribution < -0.4 is 5.32 Å². The predicted molar refractivity (Wildman–Crippen MR) is 82.5 cm³/mol. The van der Waals surface area contributed by atoms with E-state index >= 15 is 0 Å². The second kappa shape index (κ2) is 8.44. The van der Waals surface area contributed by atoms with Crippen molar-refractivity contribution in [1.29, 1.82) is 0 Å². The molecule has 21 heavy (non-hydrogen) atoms. The number of hydrogen-bond acceptors (Lipinski definition) is 2. The summed E-state index contributed by atoms with van der Waals surface area (Å²) in [7, 11) is 0. The molecule has 2 unspecified atom stereocenters. The first-order valence-electron chi connectivity index (χ1n) is 7.78. The highest BCUT2D eigenvalue weighted by atomic mass is 19.2. The van der Waals surface area contributed by atoms with Gasteiger partial charge in [-0.3, -0.25) is 0 Å². The molecule has 1 N–H and O–H groups in total. The molecule has 0 aliphatic heterocycles. The highest BCUT2D eigenvalue weighted by molar-refractivity contribution is 5.21. The van der Waals surface area contributed by atoms with Gasteiger partial charge in [0, 0.05) is 12.6 Å². The largest absolute Gasteiger partial charge is 0.374 e. The standard InChI is InChI=1S/C17H27F2NO/c1-5-11-20-15(17(4,6-2)21-7-3)12-13-9-8-10-14(18)16(13)19/h8-10,15,20H,5-7,11-12H2,1-4H3. The van der Waals surface area contributed by atoms with E-state index in [0.29, 0.717) is 18.6 Å². The SMILES string of the molecule is CCCNC(Cc1cccc(F)c1F)C(C)(CC)OCC. The summed E-state index contributed by atoms with van der Waals surface area (Å²) < 4.78 is 33.2. The Hall–Kier alpha value is -1.00. The Bertz CT molecular complexity index is 439. The van der Waals surface area contributed by atoms with E-state index in [1.54, 1.807) is 12.1 Å². The number of ether oxygens (including phenoxy) is 1. The van der Waals surface area contributed by atoms with Crippen molar-refractivity contribution in [3.63, 3.8) is 0 Å². The summed E-state index contributed by atoms with van der Waals surface area (Å²) in [5.74, 6) is -1.55. The van der Waals surface area contributed by atoms with E-state index in [1.807, 2.05) is 13.8 Å². The molecule has 0 saturated carbocycles. The normalized spacial score (nSPS) is 15.7. The van der Waals surface area contributed by atoms with Gasteiger partial charge in [-0.2, -0.15) is 0 Å². The fourth-order valence-corrected chi connectivity index (χ4v) is 2.53. The van der Waals surface area contributed by atoms with Crippen molar-refractivity contribution in [2.45, 2.75) is 58.6 Å². The molecule has 0 aliphatic carbocycles. The van der Waals surface area contributed by atoms with Gasteiger partial charge in [0.15, 0.2) is 11.6 Å². The predicted octanol–water partition coefficient (Wildman–Crippen LogP) is 4.08. The van der Waals surface area contributed by atoms with E-state index in [9.17, 15) is 8.78 Å². The summed E-state index contributed by atoms with van der Waals surface area (Å²) in [5, 5.41) is 3.43. The third kappa shape index (κ3) is 4.75. The highest BCUT2D eigenvalue weighted by Gasteiger charge is 2.33. The van der Waals surface area contributed by atoms with Crippen LogP contribution in [0, 0.1) is 11.6 Å². The van der Waals surface area contributed by atoms with Crippen molar-refractivity contribution in [2.75, 3.05) is 13.2 Å². The van der Waals surface area contributed by atoms with Gasteiger partial charge in [0.05, 0.1) is 5.60 Å². The highest BCUT2D eigenvalue weighted by Crippen LogP contribution is 2.25. The van der Waals surface area contributed by atoms with Crippen LogP contribution in [0.5, 0.6) is 0 Å². The molecular formula is C17H27F2NO. The summed E-state index contributed by atoms with van der Waals surface area (Å²) >= 11 is 0. The van der Waals surface area contributed by atoms with Crippen molar-refractivity contribution < 1.29 is 13.5 Å². The molecule has 0 bridgehead atoms. The van der Waals surface area contributed by atoms with Crippen LogP contribution in [0.25, 0.3) is 0 Å². The Morgan fingerprint density at radius 2 is 1.95 bits per heavy atom. The molecule has 0 fully saturated rings. The molecule has 0 saturated heterocycles. The van der Waals surface area contributed by atoms with E-state index in [4.69, 9.17) is 4.74 Å². The van der Waals surface area contributed by atoms with Crippen LogP contribution in [0.3, 0.4) is 0 Å². The van der Waals surface area contributed by atoms with Crippen LogP contribution in [0.4, 0.5) is 8.78 Å². The minimum absolute atomic E-state index is 0.0568. The van der Waals surface area contributed by atoms with E-state index in [-0.39, 0.29) is 6.04 Å².